The van der Waals surface area contributed by atoms with Crippen LogP contribution in [0.25, 0.3) is 0 Å². The van der Waals surface area contributed by atoms with Gasteiger partial charge in [0, 0.05) is 19.8 Å². The van der Waals surface area contributed by atoms with E-state index >= 15 is 0 Å². The minimum Gasteiger partial charge on any atom is -0.481 e. The first kappa shape index (κ1) is 20.4. The fourth-order valence-corrected chi connectivity index (χ4v) is 4.45. The van der Waals surface area contributed by atoms with E-state index in [0.29, 0.717) is 19.6 Å². The van der Waals surface area contributed by atoms with E-state index in [4.69, 9.17) is 4.74 Å². The van der Waals surface area contributed by atoms with Crippen LogP contribution in [0.15, 0.2) is 34.2 Å². The fraction of sp³-hybridized carbons (Fsp3) is 0.556. The van der Waals surface area contributed by atoms with Gasteiger partial charge in [0.15, 0.2) is 0 Å². The smallest absolute Gasteiger partial charge is 0.314 e. The van der Waals surface area contributed by atoms with E-state index in [1.807, 2.05) is 0 Å². The van der Waals surface area contributed by atoms with Crippen molar-refractivity contribution in [2.24, 2.45) is 10.9 Å². The van der Waals surface area contributed by atoms with Crippen molar-refractivity contribution in [1.82, 2.24) is 4.31 Å². The minimum absolute atomic E-state index is 0.0762. The second-order valence-electron chi connectivity index (χ2n) is 6.13. The molecule has 0 radical (unpaired) electrons. The van der Waals surface area contributed by atoms with Crippen LogP contribution in [-0.2, 0) is 19.6 Å². The molecule has 0 bridgehead atoms. The van der Waals surface area contributed by atoms with E-state index in [9.17, 15) is 18.3 Å². The van der Waals surface area contributed by atoms with Crippen LogP contribution in [0.3, 0.4) is 0 Å². The van der Waals surface area contributed by atoms with Gasteiger partial charge < -0.3 is 9.84 Å². The molecule has 0 fully saturated rings. The van der Waals surface area contributed by atoms with E-state index in [1.54, 1.807) is 25.1 Å². The molecule has 1 aromatic rings. The number of carboxylic acids is 1. The summed E-state index contributed by atoms with van der Waals surface area (Å²) in [5, 5.41) is 9.50. The van der Waals surface area contributed by atoms with Gasteiger partial charge in [-0.25, -0.2) is 13.4 Å². The highest BCUT2D eigenvalue weighted by molar-refractivity contribution is 7.90. The molecule has 1 atom stereocenters. The zero-order valence-electron chi connectivity index (χ0n) is 15.2. The largest absolute Gasteiger partial charge is 0.481 e. The number of nitrogens with zero attached hydrogens (tertiary/aromatic N) is 2. The molecule has 8 heteroatoms. The van der Waals surface area contributed by atoms with Crippen LogP contribution in [0.2, 0.25) is 0 Å². The van der Waals surface area contributed by atoms with Gasteiger partial charge in [-0.3, -0.25) is 9.10 Å². The van der Waals surface area contributed by atoms with Crippen LogP contribution in [0, 0.1) is 5.92 Å². The Morgan fingerprint density at radius 1 is 1.23 bits per heavy atom. The number of sulfonamides is 1. The van der Waals surface area contributed by atoms with E-state index in [-0.39, 0.29) is 29.4 Å². The SMILES string of the molecule is CCCCOCCCN1C(C(CC)C(=O)O)=Nc2ccccc2S1(=O)=O. The van der Waals surface area contributed by atoms with Gasteiger partial charge in [0.2, 0.25) is 0 Å². The number of carboxylic acid groups (broad SMARTS) is 1. The van der Waals surface area contributed by atoms with E-state index in [0.717, 1.165) is 17.1 Å². The van der Waals surface area contributed by atoms with Gasteiger partial charge in [-0.15, -0.1) is 0 Å². The number of fused-ring (bicyclic) bond motifs is 1. The third-order valence-corrected chi connectivity index (χ3v) is 6.08. The Balaban J connectivity index is 2.28. The molecule has 144 valence electrons. The second-order valence-corrected chi connectivity index (χ2v) is 7.96. The number of hydrogen-bond donors (Lipinski definition) is 1. The van der Waals surface area contributed by atoms with Crippen molar-refractivity contribution in [2.75, 3.05) is 19.8 Å². The predicted octanol–water partition coefficient (Wildman–Crippen LogP) is 3.04. The molecule has 0 saturated heterocycles. The third kappa shape index (κ3) is 4.42. The molecule has 0 saturated carbocycles. The molecule has 1 heterocycles. The highest BCUT2D eigenvalue weighted by atomic mass is 32.2. The molecular weight excluding hydrogens is 356 g/mol. The molecule has 2 rings (SSSR count). The molecule has 26 heavy (non-hydrogen) atoms. The summed E-state index contributed by atoms with van der Waals surface area (Å²) in [5.74, 6) is -1.98. The van der Waals surface area contributed by atoms with Crippen molar-refractivity contribution < 1.29 is 23.1 Å². The maximum Gasteiger partial charge on any atom is 0.314 e. The van der Waals surface area contributed by atoms with E-state index in [1.165, 1.54) is 6.07 Å². The monoisotopic (exact) mass is 382 g/mol. The maximum atomic E-state index is 13.0. The highest BCUT2D eigenvalue weighted by Crippen LogP contribution is 2.34. The van der Waals surface area contributed by atoms with Crippen molar-refractivity contribution >= 4 is 27.5 Å². The van der Waals surface area contributed by atoms with Crippen LogP contribution < -0.4 is 0 Å². The summed E-state index contributed by atoms with van der Waals surface area (Å²) in [7, 11) is -3.83. The first-order valence-electron chi connectivity index (χ1n) is 8.94. The number of carbonyl (C=O) groups is 1. The van der Waals surface area contributed by atoms with E-state index in [2.05, 4.69) is 11.9 Å². The molecule has 0 aliphatic carbocycles. The Bertz CT molecular complexity index is 761. The Morgan fingerprint density at radius 3 is 2.58 bits per heavy atom. The normalized spacial score (nSPS) is 16.7. The van der Waals surface area contributed by atoms with Gasteiger partial charge in [0.05, 0.1) is 5.69 Å². The first-order valence-corrected chi connectivity index (χ1v) is 10.4. The van der Waals surface area contributed by atoms with Crippen molar-refractivity contribution in [3.05, 3.63) is 24.3 Å². The summed E-state index contributed by atoms with van der Waals surface area (Å²) < 4.78 is 32.7. The highest BCUT2D eigenvalue weighted by Gasteiger charge is 2.38. The third-order valence-electron chi connectivity index (χ3n) is 4.23. The summed E-state index contributed by atoms with van der Waals surface area (Å²) in [6, 6.07) is 6.41. The summed E-state index contributed by atoms with van der Waals surface area (Å²) >= 11 is 0. The van der Waals surface area contributed by atoms with Crippen LogP contribution >= 0.6 is 0 Å². The quantitative estimate of drug-likeness (QED) is 0.628. The van der Waals surface area contributed by atoms with Gasteiger partial charge in [0.25, 0.3) is 10.0 Å². The van der Waals surface area contributed by atoms with Crippen LogP contribution in [0.1, 0.15) is 39.5 Å². The molecular formula is C18H26N2O5S. The van der Waals surface area contributed by atoms with Crippen molar-refractivity contribution in [3.8, 4) is 0 Å². The number of aliphatic imine (C=N–C) groups is 1. The Hall–Kier alpha value is -1.93. The molecule has 0 spiro atoms. The van der Waals surface area contributed by atoms with E-state index < -0.39 is 21.9 Å². The lowest BCUT2D eigenvalue weighted by Crippen LogP contribution is -2.45. The number of aliphatic carboxylic acids is 1. The summed E-state index contributed by atoms with van der Waals surface area (Å²) in [4.78, 5) is 16.1. The minimum atomic E-state index is -3.83. The molecule has 1 aliphatic heterocycles. The van der Waals surface area contributed by atoms with Crippen molar-refractivity contribution in [3.63, 3.8) is 0 Å². The molecule has 0 amide bonds. The molecule has 1 N–H and O–H groups in total. The van der Waals surface area contributed by atoms with Gasteiger partial charge in [-0.2, -0.15) is 0 Å². The summed E-state index contributed by atoms with van der Waals surface area (Å²) in [6.45, 7) is 4.98. The summed E-state index contributed by atoms with van der Waals surface area (Å²) in [5.41, 5.74) is 0.289. The van der Waals surface area contributed by atoms with Gasteiger partial charge in [-0.05, 0) is 31.4 Å². The molecule has 7 nitrogen and oxygen atoms in total. The number of hydrogen-bond acceptors (Lipinski definition) is 5. The molecule has 1 aromatic carbocycles. The van der Waals surface area contributed by atoms with Gasteiger partial charge in [0.1, 0.15) is 16.6 Å². The lowest BCUT2D eigenvalue weighted by Gasteiger charge is -2.32. The zero-order valence-corrected chi connectivity index (χ0v) is 16.0. The standard InChI is InChI=1S/C18H26N2O5S/c1-3-5-12-25-13-8-11-20-17(14(4-2)18(21)22)19-15-9-6-7-10-16(15)26(20,23)24/h6-7,9-10,14H,3-5,8,11-13H2,1-2H3,(H,21,22). The fourth-order valence-electron chi connectivity index (χ4n) is 2.80. The van der Waals surface area contributed by atoms with Gasteiger partial charge in [-0.1, -0.05) is 32.4 Å². The maximum absolute atomic E-state index is 13.0. The second kappa shape index (κ2) is 9.14. The molecule has 1 unspecified atom stereocenters. The van der Waals surface area contributed by atoms with Crippen molar-refractivity contribution in [1.29, 1.82) is 0 Å². The molecule has 1 aliphatic rings. The Morgan fingerprint density at radius 2 is 1.92 bits per heavy atom. The lowest BCUT2D eigenvalue weighted by atomic mass is 10.1. The predicted molar refractivity (Wildman–Crippen MR) is 99.2 cm³/mol. The number of ether oxygens (including phenoxy) is 1. The van der Waals surface area contributed by atoms with Gasteiger partial charge >= 0.3 is 5.97 Å². The number of rotatable bonds is 10. The first-order chi connectivity index (χ1) is 12.4. The number of amidine groups is 1. The zero-order chi connectivity index (χ0) is 19.2. The summed E-state index contributed by atoms with van der Waals surface area (Å²) in [6.07, 6.45) is 2.72. The topological polar surface area (TPSA) is 96.3 Å². The Kier molecular flexibility index (Phi) is 7.16. The lowest BCUT2D eigenvalue weighted by molar-refractivity contribution is -0.139. The Labute approximate surface area is 154 Å². The van der Waals surface area contributed by atoms with Crippen LogP contribution in [0.5, 0.6) is 0 Å². The van der Waals surface area contributed by atoms with Crippen LogP contribution in [-0.4, -0.2) is 49.4 Å². The number of benzene rings is 1. The average molecular weight is 382 g/mol. The number of para-hydroxylation sites is 1. The molecule has 0 aromatic heterocycles. The average Bonchev–Trinajstić information content (AvgIpc) is 2.60. The van der Waals surface area contributed by atoms with Crippen molar-refractivity contribution in [2.45, 2.75) is 44.4 Å². The van der Waals surface area contributed by atoms with Crippen LogP contribution in [0.4, 0.5) is 5.69 Å². The number of unbranched alkanes of at least 4 members (excludes halogenated alkanes) is 1.